The van der Waals surface area contributed by atoms with Crippen LogP contribution in [0.2, 0.25) is 10.2 Å². The molecule has 0 aliphatic carbocycles. The Hall–Kier alpha value is -0.840. The summed E-state index contributed by atoms with van der Waals surface area (Å²) < 4.78 is 6.25. The van der Waals surface area contributed by atoms with E-state index in [1.165, 1.54) is 12.4 Å². The van der Waals surface area contributed by atoms with Gasteiger partial charge < -0.3 is 4.74 Å². The summed E-state index contributed by atoms with van der Waals surface area (Å²) in [5.74, 6) is 0.988. The predicted octanol–water partition coefficient (Wildman–Crippen LogP) is 4.34. The molecule has 0 radical (unpaired) electrons. The van der Waals surface area contributed by atoms with Gasteiger partial charge in [0.25, 0.3) is 0 Å². The van der Waals surface area contributed by atoms with Crippen LogP contribution < -0.4 is 4.74 Å². The molecular weight excluding hydrogens is 315 g/mol. The molecule has 0 unspecified atom stereocenters. The summed E-state index contributed by atoms with van der Waals surface area (Å²) in [6.45, 7) is 0. The van der Waals surface area contributed by atoms with E-state index in [0.29, 0.717) is 21.8 Å². The SMILES string of the molecule is Clc1ccc(Oc2cc(Cl)ncn2)c(Br)c1. The first-order valence-electron chi connectivity index (χ1n) is 4.25. The molecule has 0 amide bonds. The maximum absolute atomic E-state index is 5.81. The number of aromatic nitrogens is 2. The molecule has 0 aliphatic rings. The molecule has 6 heteroatoms. The third-order valence-corrected chi connectivity index (χ3v) is 2.78. The van der Waals surface area contributed by atoms with E-state index in [9.17, 15) is 0 Å². The van der Waals surface area contributed by atoms with Crippen molar-refractivity contribution in [3.05, 3.63) is 45.2 Å². The molecule has 1 aromatic carbocycles. The van der Waals surface area contributed by atoms with Gasteiger partial charge in [0.15, 0.2) is 0 Å². The molecule has 0 bridgehead atoms. The largest absolute Gasteiger partial charge is 0.438 e. The van der Waals surface area contributed by atoms with E-state index in [4.69, 9.17) is 27.9 Å². The molecular formula is C10H5BrCl2N2O. The smallest absolute Gasteiger partial charge is 0.223 e. The maximum Gasteiger partial charge on any atom is 0.223 e. The molecule has 1 aromatic heterocycles. The van der Waals surface area contributed by atoms with Crippen LogP contribution in [0.1, 0.15) is 0 Å². The molecule has 0 atom stereocenters. The first-order chi connectivity index (χ1) is 7.65. The summed E-state index contributed by atoms with van der Waals surface area (Å²) in [6, 6.07) is 6.73. The van der Waals surface area contributed by atoms with Crippen LogP contribution in [0.25, 0.3) is 0 Å². The number of nitrogens with zero attached hydrogens (tertiary/aromatic N) is 2. The Kier molecular flexibility index (Phi) is 3.63. The fourth-order valence-electron chi connectivity index (χ4n) is 1.04. The van der Waals surface area contributed by atoms with Crippen LogP contribution in [0, 0.1) is 0 Å². The minimum atomic E-state index is 0.329. The van der Waals surface area contributed by atoms with Gasteiger partial charge in [0.1, 0.15) is 17.2 Å². The molecule has 0 saturated carbocycles. The number of hydrogen-bond acceptors (Lipinski definition) is 3. The second-order valence-electron chi connectivity index (χ2n) is 2.86. The van der Waals surface area contributed by atoms with E-state index in [0.717, 1.165) is 4.47 Å². The number of halogens is 3. The van der Waals surface area contributed by atoms with Gasteiger partial charge in [-0.3, -0.25) is 0 Å². The highest BCUT2D eigenvalue weighted by Gasteiger charge is 2.05. The minimum absolute atomic E-state index is 0.329. The van der Waals surface area contributed by atoms with Crippen molar-refractivity contribution in [3.8, 4) is 11.6 Å². The standard InChI is InChI=1S/C10H5BrCl2N2O/c11-7-3-6(12)1-2-8(7)16-10-4-9(13)14-5-15-10/h1-5H. The molecule has 0 saturated heterocycles. The van der Waals surface area contributed by atoms with Crippen molar-refractivity contribution in [1.29, 1.82) is 0 Å². The summed E-state index contributed by atoms with van der Waals surface area (Å²) in [6.07, 6.45) is 1.33. The minimum Gasteiger partial charge on any atom is -0.438 e. The Morgan fingerprint density at radius 2 is 1.94 bits per heavy atom. The molecule has 0 aliphatic heterocycles. The Morgan fingerprint density at radius 1 is 1.12 bits per heavy atom. The monoisotopic (exact) mass is 318 g/mol. The van der Waals surface area contributed by atoms with Crippen LogP contribution in [-0.2, 0) is 0 Å². The van der Waals surface area contributed by atoms with Crippen molar-refractivity contribution in [2.45, 2.75) is 0 Å². The number of hydrogen-bond donors (Lipinski definition) is 0. The molecule has 0 N–H and O–H groups in total. The second kappa shape index (κ2) is 4.99. The molecule has 1 heterocycles. The molecule has 16 heavy (non-hydrogen) atoms. The molecule has 0 spiro atoms. The van der Waals surface area contributed by atoms with Gasteiger partial charge in [-0.05, 0) is 34.1 Å². The van der Waals surface area contributed by atoms with E-state index in [-0.39, 0.29) is 0 Å². The summed E-state index contributed by atoms with van der Waals surface area (Å²) in [7, 11) is 0. The lowest BCUT2D eigenvalue weighted by molar-refractivity contribution is 0.459. The molecule has 3 nitrogen and oxygen atoms in total. The van der Waals surface area contributed by atoms with E-state index in [2.05, 4.69) is 25.9 Å². The van der Waals surface area contributed by atoms with Crippen molar-refractivity contribution in [2.24, 2.45) is 0 Å². The fourth-order valence-corrected chi connectivity index (χ4v) is 1.94. The lowest BCUT2D eigenvalue weighted by Crippen LogP contribution is -1.89. The zero-order chi connectivity index (χ0) is 11.5. The highest BCUT2D eigenvalue weighted by molar-refractivity contribution is 9.10. The first-order valence-corrected chi connectivity index (χ1v) is 5.80. The molecule has 2 rings (SSSR count). The van der Waals surface area contributed by atoms with Crippen molar-refractivity contribution in [1.82, 2.24) is 9.97 Å². The zero-order valence-corrected chi connectivity index (χ0v) is 10.9. The number of ether oxygens (including phenoxy) is 1. The molecule has 0 fully saturated rings. The van der Waals surface area contributed by atoms with E-state index in [1.54, 1.807) is 18.2 Å². The van der Waals surface area contributed by atoms with Gasteiger partial charge in [0.2, 0.25) is 5.88 Å². The van der Waals surface area contributed by atoms with Crippen LogP contribution in [0.4, 0.5) is 0 Å². The summed E-state index contributed by atoms with van der Waals surface area (Å²) in [4.78, 5) is 7.69. The number of rotatable bonds is 2. The van der Waals surface area contributed by atoms with Crippen LogP contribution in [-0.4, -0.2) is 9.97 Å². The maximum atomic E-state index is 5.81. The van der Waals surface area contributed by atoms with Crippen molar-refractivity contribution in [3.63, 3.8) is 0 Å². The summed E-state index contributed by atoms with van der Waals surface area (Å²) >= 11 is 14.9. The van der Waals surface area contributed by atoms with Crippen molar-refractivity contribution in [2.75, 3.05) is 0 Å². The lowest BCUT2D eigenvalue weighted by Gasteiger charge is -2.06. The Labute approximate surface area is 111 Å². The lowest BCUT2D eigenvalue weighted by atomic mass is 10.3. The zero-order valence-electron chi connectivity index (χ0n) is 7.82. The van der Waals surface area contributed by atoms with E-state index < -0.39 is 0 Å². The normalized spacial score (nSPS) is 10.2. The van der Waals surface area contributed by atoms with Gasteiger partial charge in [0.05, 0.1) is 4.47 Å². The van der Waals surface area contributed by atoms with Crippen LogP contribution in [0.3, 0.4) is 0 Å². The Bertz CT molecular complexity index is 522. The van der Waals surface area contributed by atoms with Gasteiger partial charge in [-0.15, -0.1) is 0 Å². The molecule has 82 valence electrons. The van der Waals surface area contributed by atoms with Crippen molar-refractivity contribution >= 4 is 39.1 Å². The average Bonchev–Trinajstić information content (AvgIpc) is 2.22. The number of benzene rings is 1. The van der Waals surface area contributed by atoms with Crippen LogP contribution in [0.15, 0.2) is 35.1 Å². The van der Waals surface area contributed by atoms with Gasteiger partial charge in [-0.25, -0.2) is 9.97 Å². The Balaban J connectivity index is 2.27. The predicted molar refractivity (Wildman–Crippen MR) is 66.3 cm³/mol. The van der Waals surface area contributed by atoms with Crippen LogP contribution in [0.5, 0.6) is 11.6 Å². The topological polar surface area (TPSA) is 35.0 Å². The first kappa shape index (κ1) is 11.6. The third-order valence-electron chi connectivity index (χ3n) is 1.72. The fraction of sp³-hybridized carbons (Fsp3) is 0. The average molecular weight is 320 g/mol. The second-order valence-corrected chi connectivity index (χ2v) is 4.53. The van der Waals surface area contributed by atoms with Crippen molar-refractivity contribution < 1.29 is 4.74 Å². The summed E-state index contributed by atoms with van der Waals surface area (Å²) in [5.41, 5.74) is 0. The highest BCUT2D eigenvalue weighted by atomic mass is 79.9. The van der Waals surface area contributed by atoms with E-state index >= 15 is 0 Å². The highest BCUT2D eigenvalue weighted by Crippen LogP contribution is 2.31. The van der Waals surface area contributed by atoms with Gasteiger partial charge in [0, 0.05) is 11.1 Å². The summed E-state index contributed by atoms with van der Waals surface area (Å²) in [5, 5.41) is 0.954. The quantitative estimate of drug-likeness (QED) is 0.772. The van der Waals surface area contributed by atoms with Crippen LogP contribution >= 0.6 is 39.1 Å². The Morgan fingerprint density at radius 3 is 2.62 bits per heavy atom. The van der Waals surface area contributed by atoms with Gasteiger partial charge in [-0.1, -0.05) is 23.2 Å². The van der Waals surface area contributed by atoms with E-state index in [1.807, 2.05) is 0 Å². The molecule has 2 aromatic rings. The van der Waals surface area contributed by atoms with Gasteiger partial charge in [-0.2, -0.15) is 0 Å². The third kappa shape index (κ3) is 2.84. The van der Waals surface area contributed by atoms with Gasteiger partial charge >= 0.3 is 0 Å².